The fourth-order valence-corrected chi connectivity index (χ4v) is 2.56. The summed E-state index contributed by atoms with van der Waals surface area (Å²) in [6.07, 6.45) is -5.36. The van der Waals surface area contributed by atoms with E-state index in [-0.39, 0.29) is 22.8 Å². The van der Waals surface area contributed by atoms with Crippen LogP contribution < -0.4 is 5.32 Å². The molecule has 1 aromatic carbocycles. The third kappa shape index (κ3) is 4.01. The summed E-state index contributed by atoms with van der Waals surface area (Å²) in [5, 5.41) is 15.5. The summed E-state index contributed by atoms with van der Waals surface area (Å²) in [6, 6.07) is 6.08. The van der Waals surface area contributed by atoms with Crippen LogP contribution in [-0.2, 0) is 9.59 Å². The minimum absolute atomic E-state index is 0.00659. The second-order valence-electron chi connectivity index (χ2n) is 5.49. The molecule has 1 aliphatic rings. The van der Waals surface area contributed by atoms with Crippen molar-refractivity contribution in [2.75, 3.05) is 5.32 Å². The summed E-state index contributed by atoms with van der Waals surface area (Å²) < 4.78 is 40.5. The van der Waals surface area contributed by atoms with Crippen molar-refractivity contribution in [3.05, 3.63) is 28.7 Å². The maximum absolute atomic E-state index is 13.2. The number of halogens is 4. The second kappa shape index (κ2) is 7.12. The molecular weight excluding hydrogens is 407 g/mol. The second-order valence-corrected chi connectivity index (χ2v) is 6.40. The molecule has 25 heavy (non-hydrogen) atoms. The highest BCUT2D eigenvalue weighted by Gasteiger charge is 2.63. The number of hydrazone groups is 1. The molecule has 0 aliphatic carbocycles. The Morgan fingerprint density at radius 1 is 1.36 bits per heavy atom. The van der Waals surface area contributed by atoms with E-state index in [4.69, 9.17) is 0 Å². The van der Waals surface area contributed by atoms with Crippen molar-refractivity contribution in [2.45, 2.75) is 38.1 Å². The van der Waals surface area contributed by atoms with Crippen molar-refractivity contribution < 1.29 is 27.9 Å². The van der Waals surface area contributed by atoms with Gasteiger partial charge >= 0.3 is 18.0 Å². The Kier molecular flexibility index (Phi) is 5.52. The average molecular weight is 422 g/mol. The molecule has 2 rings (SSSR count). The summed E-state index contributed by atoms with van der Waals surface area (Å²) in [6.45, 7) is 1.72. The first-order valence-corrected chi connectivity index (χ1v) is 8.14. The van der Waals surface area contributed by atoms with Crippen LogP contribution in [0.25, 0.3) is 0 Å². The third-order valence-corrected chi connectivity index (χ3v) is 4.05. The first kappa shape index (κ1) is 19.4. The van der Waals surface area contributed by atoms with Crippen molar-refractivity contribution in [1.82, 2.24) is 5.01 Å². The number of carbonyl (C=O) groups excluding carboxylic acids is 2. The smallest absolute Gasteiger partial charge is 0.362 e. The van der Waals surface area contributed by atoms with Gasteiger partial charge in [0.15, 0.2) is 0 Å². The van der Waals surface area contributed by atoms with Gasteiger partial charge in [0.05, 0.1) is 0 Å². The monoisotopic (exact) mass is 421 g/mol. The standard InChI is InChI=1S/C15H15BrF3N3O3/c1-2-3-11-8-14(25,15(17,18)19)22(21-11)13(24)12(23)20-10-6-4-9(16)5-7-10/h4-7,25H,2-3,8H2,1H3,(H,20,23)/t14-/m0/s1. The molecule has 1 heterocycles. The number of rotatable bonds is 3. The van der Waals surface area contributed by atoms with Crippen LogP contribution in [0.2, 0.25) is 0 Å². The van der Waals surface area contributed by atoms with Crippen LogP contribution in [0.5, 0.6) is 0 Å². The topological polar surface area (TPSA) is 82.0 Å². The number of carbonyl (C=O) groups is 2. The molecule has 136 valence electrons. The van der Waals surface area contributed by atoms with Crippen LogP contribution in [-0.4, -0.2) is 39.5 Å². The lowest BCUT2D eigenvalue weighted by molar-refractivity contribution is -0.301. The number of nitrogens with zero attached hydrogens (tertiary/aromatic N) is 2. The van der Waals surface area contributed by atoms with E-state index in [0.717, 1.165) is 4.47 Å². The van der Waals surface area contributed by atoms with E-state index in [2.05, 4.69) is 26.3 Å². The minimum atomic E-state index is -5.15. The Balaban J connectivity index is 2.24. The zero-order valence-corrected chi connectivity index (χ0v) is 14.7. The van der Waals surface area contributed by atoms with E-state index in [1.807, 2.05) is 0 Å². The Hall–Kier alpha value is -1.94. The van der Waals surface area contributed by atoms with Gasteiger partial charge in [-0.2, -0.15) is 23.3 Å². The number of amides is 2. The van der Waals surface area contributed by atoms with Crippen LogP contribution in [0.3, 0.4) is 0 Å². The van der Waals surface area contributed by atoms with Crippen LogP contribution in [0.4, 0.5) is 18.9 Å². The largest absolute Gasteiger partial charge is 0.438 e. The molecule has 10 heteroatoms. The molecule has 0 bridgehead atoms. The summed E-state index contributed by atoms with van der Waals surface area (Å²) in [5.41, 5.74) is -3.30. The SMILES string of the molecule is CCCC1=NN(C(=O)C(=O)Nc2ccc(Br)cc2)[C@@](O)(C(F)(F)F)C1. The molecule has 0 fully saturated rings. The maximum atomic E-state index is 13.2. The van der Waals surface area contributed by atoms with Crippen LogP contribution in [0, 0.1) is 0 Å². The molecule has 0 aromatic heterocycles. The molecule has 0 saturated heterocycles. The van der Waals surface area contributed by atoms with Gasteiger partial charge in [-0.15, -0.1) is 0 Å². The van der Waals surface area contributed by atoms with Crippen LogP contribution in [0.1, 0.15) is 26.2 Å². The fraction of sp³-hybridized carbons (Fsp3) is 0.400. The molecular formula is C15H15BrF3N3O3. The zero-order valence-electron chi connectivity index (χ0n) is 13.1. The number of anilines is 1. The Morgan fingerprint density at radius 3 is 2.48 bits per heavy atom. The molecule has 2 N–H and O–H groups in total. The van der Waals surface area contributed by atoms with Gasteiger partial charge in [0.25, 0.3) is 5.72 Å². The van der Waals surface area contributed by atoms with E-state index in [1.54, 1.807) is 19.1 Å². The molecule has 0 saturated carbocycles. The van der Waals surface area contributed by atoms with Crippen molar-refractivity contribution in [2.24, 2.45) is 5.10 Å². The number of hydrogen-bond donors (Lipinski definition) is 2. The quantitative estimate of drug-likeness (QED) is 0.735. The van der Waals surface area contributed by atoms with E-state index in [9.17, 15) is 27.9 Å². The van der Waals surface area contributed by atoms with Crippen molar-refractivity contribution in [3.63, 3.8) is 0 Å². The van der Waals surface area contributed by atoms with Gasteiger partial charge in [-0.25, -0.2) is 0 Å². The summed E-state index contributed by atoms with van der Waals surface area (Å²) in [7, 11) is 0. The Bertz CT molecular complexity index is 706. The number of aliphatic hydroxyl groups is 1. The Morgan fingerprint density at radius 2 is 1.96 bits per heavy atom. The van der Waals surface area contributed by atoms with Gasteiger partial charge in [0.1, 0.15) is 0 Å². The minimum Gasteiger partial charge on any atom is -0.362 e. The van der Waals surface area contributed by atoms with E-state index in [1.165, 1.54) is 12.1 Å². The van der Waals surface area contributed by atoms with Crippen molar-refractivity contribution in [3.8, 4) is 0 Å². The lowest BCUT2D eigenvalue weighted by Crippen LogP contribution is -2.58. The Labute approximate surface area is 149 Å². The van der Waals surface area contributed by atoms with Gasteiger partial charge in [-0.3, -0.25) is 9.59 Å². The molecule has 2 amide bonds. The number of hydrogen-bond acceptors (Lipinski definition) is 4. The molecule has 1 atom stereocenters. The lowest BCUT2D eigenvalue weighted by atomic mass is 10.0. The van der Waals surface area contributed by atoms with Gasteiger partial charge < -0.3 is 10.4 Å². The van der Waals surface area contributed by atoms with Gasteiger partial charge in [0.2, 0.25) is 0 Å². The lowest BCUT2D eigenvalue weighted by Gasteiger charge is -2.32. The molecule has 1 aromatic rings. The average Bonchev–Trinajstić information content (AvgIpc) is 2.87. The number of nitrogens with one attached hydrogen (secondary N) is 1. The van der Waals surface area contributed by atoms with Crippen LogP contribution in [0.15, 0.2) is 33.8 Å². The van der Waals surface area contributed by atoms with E-state index < -0.39 is 30.1 Å². The predicted octanol–water partition coefficient (Wildman–Crippen LogP) is 3.03. The maximum Gasteiger partial charge on any atom is 0.438 e. The highest BCUT2D eigenvalue weighted by molar-refractivity contribution is 9.10. The van der Waals surface area contributed by atoms with E-state index >= 15 is 0 Å². The van der Waals surface area contributed by atoms with Gasteiger partial charge in [0, 0.05) is 22.3 Å². The summed E-state index contributed by atoms with van der Waals surface area (Å²) in [4.78, 5) is 24.2. The normalized spacial score (nSPS) is 20.4. The molecule has 6 nitrogen and oxygen atoms in total. The van der Waals surface area contributed by atoms with Gasteiger partial charge in [-0.05, 0) is 30.7 Å². The van der Waals surface area contributed by atoms with Crippen LogP contribution >= 0.6 is 15.9 Å². The van der Waals surface area contributed by atoms with Gasteiger partial charge in [-0.1, -0.05) is 29.3 Å². The predicted molar refractivity (Wildman–Crippen MR) is 87.6 cm³/mol. The summed E-state index contributed by atoms with van der Waals surface area (Å²) in [5.74, 6) is -2.92. The van der Waals surface area contributed by atoms with Crippen molar-refractivity contribution in [1.29, 1.82) is 0 Å². The molecule has 0 radical (unpaired) electrons. The molecule has 0 spiro atoms. The van der Waals surface area contributed by atoms with Crippen molar-refractivity contribution >= 4 is 39.1 Å². The number of alkyl halides is 3. The summed E-state index contributed by atoms with van der Waals surface area (Å²) >= 11 is 3.19. The first-order chi connectivity index (χ1) is 11.6. The molecule has 0 unspecified atom stereocenters. The highest BCUT2D eigenvalue weighted by Crippen LogP contribution is 2.40. The third-order valence-electron chi connectivity index (χ3n) is 3.52. The number of benzene rings is 1. The highest BCUT2D eigenvalue weighted by atomic mass is 79.9. The first-order valence-electron chi connectivity index (χ1n) is 7.35. The zero-order chi connectivity index (χ0) is 18.8. The fourth-order valence-electron chi connectivity index (χ4n) is 2.29. The van der Waals surface area contributed by atoms with E-state index in [0.29, 0.717) is 6.42 Å². The molecule has 1 aliphatic heterocycles.